The molecule has 1 N–H and O–H groups in total. The summed E-state index contributed by atoms with van der Waals surface area (Å²) in [6.07, 6.45) is 7.98. The van der Waals surface area contributed by atoms with Gasteiger partial charge in [0.1, 0.15) is 29.5 Å². The van der Waals surface area contributed by atoms with Crippen molar-refractivity contribution in [3.63, 3.8) is 0 Å². The zero-order valence-corrected chi connectivity index (χ0v) is 13.4. The lowest BCUT2D eigenvalue weighted by molar-refractivity contribution is 0.248. The number of nitrogens with zero attached hydrogens (tertiary/aromatic N) is 3. The summed E-state index contributed by atoms with van der Waals surface area (Å²) < 4.78 is 17.1. The van der Waals surface area contributed by atoms with Crippen molar-refractivity contribution in [1.29, 1.82) is 0 Å². The number of pyridine rings is 3. The van der Waals surface area contributed by atoms with E-state index in [0.29, 0.717) is 17.2 Å². The van der Waals surface area contributed by atoms with E-state index in [9.17, 15) is 5.11 Å². The third-order valence-electron chi connectivity index (χ3n) is 2.80. The predicted octanol–water partition coefficient (Wildman–Crippen LogP) is 3.48. The van der Waals surface area contributed by atoms with Crippen LogP contribution in [0.1, 0.15) is 5.69 Å². The molecule has 0 radical (unpaired) electrons. The van der Waals surface area contributed by atoms with Crippen LogP contribution in [0.3, 0.4) is 0 Å². The molecule has 0 saturated carbocycles. The molecule has 3 rings (SSSR count). The fourth-order valence-electron chi connectivity index (χ4n) is 1.70. The fourth-order valence-corrected chi connectivity index (χ4v) is 2.63. The zero-order valence-electron chi connectivity index (χ0n) is 12.5. The summed E-state index contributed by atoms with van der Waals surface area (Å²) in [6, 6.07) is 10.2. The highest BCUT2D eigenvalue weighted by atomic mass is 31.2. The van der Waals surface area contributed by atoms with Crippen LogP contribution in [0.15, 0.2) is 67.4 Å². The molecule has 0 aliphatic rings. The molecule has 0 fully saturated rings. The molecule has 0 bridgehead atoms. The van der Waals surface area contributed by atoms with Crippen LogP contribution in [0.5, 0.6) is 17.2 Å². The second kappa shape index (κ2) is 8.19. The normalized spacial score (nSPS) is 10.5. The maximum absolute atomic E-state index is 9.77. The van der Waals surface area contributed by atoms with E-state index in [2.05, 4.69) is 15.0 Å². The van der Waals surface area contributed by atoms with Gasteiger partial charge in [0.2, 0.25) is 0 Å². The Labute approximate surface area is 139 Å². The molecule has 0 atom stereocenters. The van der Waals surface area contributed by atoms with E-state index in [1.807, 2.05) is 0 Å². The Morgan fingerprint density at radius 1 is 0.875 bits per heavy atom. The van der Waals surface area contributed by atoms with Gasteiger partial charge >= 0.3 is 8.60 Å². The Hall–Kier alpha value is -2.76. The smallest absolute Gasteiger partial charge is 0.463 e. The van der Waals surface area contributed by atoms with Crippen LogP contribution in [0, 0.1) is 0 Å². The number of rotatable bonds is 7. The molecule has 3 heterocycles. The molecule has 3 aromatic rings. The van der Waals surface area contributed by atoms with Crippen molar-refractivity contribution >= 4 is 8.60 Å². The summed E-state index contributed by atoms with van der Waals surface area (Å²) in [7, 11) is -1.78. The average molecular weight is 343 g/mol. The first-order valence-electron chi connectivity index (χ1n) is 7.03. The van der Waals surface area contributed by atoms with Crippen molar-refractivity contribution in [1.82, 2.24) is 15.0 Å². The topological polar surface area (TPSA) is 86.6 Å². The number of hydrogen-bond acceptors (Lipinski definition) is 7. The van der Waals surface area contributed by atoms with E-state index < -0.39 is 8.60 Å². The van der Waals surface area contributed by atoms with Crippen LogP contribution in [0.25, 0.3) is 0 Å². The minimum atomic E-state index is -1.78. The van der Waals surface area contributed by atoms with Crippen LogP contribution >= 0.6 is 8.60 Å². The summed E-state index contributed by atoms with van der Waals surface area (Å²) in [5.74, 6) is 1.07. The Bertz CT molecular complexity index is 720. The Kier molecular flexibility index (Phi) is 5.50. The first kappa shape index (κ1) is 16.1. The number of aromatic hydroxyl groups is 1. The first-order valence-corrected chi connectivity index (χ1v) is 8.13. The van der Waals surface area contributed by atoms with Gasteiger partial charge in [-0.2, -0.15) is 0 Å². The lowest BCUT2D eigenvalue weighted by Crippen LogP contribution is -2.02. The summed E-state index contributed by atoms with van der Waals surface area (Å²) in [5.41, 5.74) is 0.398. The molecule has 0 aliphatic carbocycles. The van der Waals surface area contributed by atoms with Gasteiger partial charge in [-0.15, -0.1) is 0 Å². The van der Waals surface area contributed by atoms with Gasteiger partial charge in [0.05, 0.1) is 12.4 Å². The summed E-state index contributed by atoms with van der Waals surface area (Å²) in [4.78, 5) is 12.0. The molecule has 0 spiro atoms. The standard InChI is InChI=1S/C16H14N3O4P/c20-16-6-3-9-19-15(16)12-21-24(22-13-4-1-7-17-10-13)23-14-5-2-8-18-11-14/h1-11,20H,12H2. The van der Waals surface area contributed by atoms with Crippen molar-refractivity contribution in [3.05, 3.63) is 73.1 Å². The van der Waals surface area contributed by atoms with Crippen molar-refractivity contribution in [2.75, 3.05) is 0 Å². The maximum atomic E-state index is 9.77. The van der Waals surface area contributed by atoms with E-state index in [1.54, 1.807) is 61.3 Å². The fraction of sp³-hybridized carbons (Fsp3) is 0.0625. The minimum absolute atomic E-state index is 0.0406. The van der Waals surface area contributed by atoms with E-state index in [4.69, 9.17) is 13.6 Å². The quantitative estimate of drug-likeness (QED) is 0.657. The minimum Gasteiger partial charge on any atom is -0.506 e. The highest BCUT2D eigenvalue weighted by Gasteiger charge is 2.19. The van der Waals surface area contributed by atoms with Crippen LogP contribution < -0.4 is 9.05 Å². The molecule has 7 nitrogen and oxygen atoms in total. The van der Waals surface area contributed by atoms with E-state index in [-0.39, 0.29) is 12.4 Å². The third kappa shape index (κ3) is 4.62. The van der Waals surface area contributed by atoms with Gasteiger partial charge in [-0.25, -0.2) is 0 Å². The molecule has 0 amide bonds. The Morgan fingerprint density at radius 2 is 1.50 bits per heavy atom. The summed E-state index contributed by atoms with van der Waals surface area (Å²) in [6.45, 7) is 0.0406. The highest BCUT2D eigenvalue weighted by molar-refractivity contribution is 7.42. The molecule has 0 unspecified atom stereocenters. The SMILES string of the molecule is Oc1cccnc1COP(Oc1cccnc1)Oc1cccnc1. The summed E-state index contributed by atoms with van der Waals surface area (Å²) >= 11 is 0. The number of aromatic nitrogens is 3. The van der Waals surface area contributed by atoms with Crippen molar-refractivity contribution < 1.29 is 18.7 Å². The van der Waals surface area contributed by atoms with Crippen molar-refractivity contribution in [3.8, 4) is 17.2 Å². The van der Waals surface area contributed by atoms with Gasteiger partial charge in [0.15, 0.2) is 0 Å². The molecule has 122 valence electrons. The second-order valence-electron chi connectivity index (χ2n) is 4.53. The van der Waals surface area contributed by atoms with Crippen LogP contribution in [0.4, 0.5) is 0 Å². The third-order valence-corrected chi connectivity index (χ3v) is 3.86. The maximum Gasteiger partial charge on any atom is 0.463 e. The predicted molar refractivity (Wildman–Crippen MR) is 87.3 cm³/mol. The molecule has 8 heteroatoms. The van der Waals surface area contributed by atoms with E-state index in [1.165, 1.54) is 6.07 Å². The van der Waals surface area contributed by atoms with Gasteiger partial charge in [0.25, 0.3) is 0 Å². The van der Waals surface area contributed by atoms with Crippen LogP contribution in [-0.4, -0.2) is 20.1 Å². The molecule has 0 aromatic carbocycles. The largest absolute Gasteiger partial charge is 0.506 e. The van der Waals surface area contributed by atoms with Gasteiger partial charge in [-0.05, 0) is 36.4 Å². The van der Waals surface area contributed by atoms with Crippen LogP contribution in [-0.2, 0) is 11.1 Å². The molecular formula is C16H14N3O4P. The molecular weight excluding hydrogens is 329 g/mol. The number of hydrogen-bond donors (Lipinski definition) is 1. The van der Waals surface area contributed by atoms with E-state index in [0.717, 1.165) is 0 Å². The summed E-state index contributed by atoms with van der Waals surface area (Å²) in [5, 5.41) is 9.77. The lowest BCUT2D eigenvalue weighted by atomic mass is 10.3. The van der Waals surface area contributed by atoms with Crippen molar-refractivity contribution in [2.45, 2.75) is 6.61 Å². The zero-order chi connectivity index (χ0) is 16.6. The van der Waals surface area contributed by atoms with Gasteiger partial charge in [-0.1, -0.05) is 0 Å². The molecule has 0 saturated heterocycles. The van der Waals surface area contributed by atoms with Crippen molar-refractivity contribution in [2.24, 2.45) is 0 Å². The molecule has 3 aromatic heterocycles. The van der Waals surface area contributed by atoms with Gasteiger partial charge in [-0.3, -0.25) is 19.5 Å². The van der Waals surface area contributed by atoms with Crippen LogP contribution in [0.2, 0.25) is 0 Å². The Morgan fingerprint density at radius 3 is 2.04 bits per heavy atom. The van der Waals surface area contributed by atoms with Gasteiger partial charge in [0, 0.05) is 18.6 Å². The molecule has 24 heavy (non-hydrogen) atoms. The highest BCUT2D eigenvalue weighted by Crippen LogP contribution is 2.42. The monoisotopic (exact) mass is 343 g/mol. The van der Waals surface area contributed by atoms with E-state index >= 15 is 0 Å². The average Bonchev–Trinajstić information content (AvgIpc) is 2.62. The second-order valence-corrected chi connectivity index (χ2v) is 5.60. The Balaban J connectivity index is 1.70. The lowest BCUT2D eigenvalue weighted by Gasteiger charge is -2.17. The molecule has 0 aliphatic heterocycles. The van der Waals surface area contributed by atoms with Gasteiger partial charge < -0.3 is 14.2 Å². The first-order chi connectivity index (χ1) is 11.8.